The fraction of sp³-hybridized carbons (Fsp3) is 0.273. The topological polar surface area (TPSA) is 98.1 Å². The SMILES string of the molecule is COc1ccc(C)cc1NC(=O)CSc1nnc([C@@H](C)NC(=O)c2ccc(Cl)c(Cl)c2)n1C. The zero-order chi connectivity index (χ0) is 24.1. The van der Waals surface area contributed by atoms with Gasteiger partial charge in [-0.25, -0.2) is 0 Å². The number of nitrogens with zero attached hydrogens (tertiary/aromatic N) is 3. The van der Waals surface area contributed by atoms with Gasteiger partial charge in [0.05, 0.1) is 34.6 Å². The van der Waals surface area contributed by atoms with Crippen LogP contribution in [0.15, 0.2) is 41.6 Å². The number of hydrogen-bond acceptors (Lipinski definition) is 6. The van der Waals surface area contributed by atoms with Crippen molar-refractivity contribution in [3.05, 3.63) is 63.4 Å². The molecule has 0 saturated heterocycles. The Morgan fingerprint density at radius 3 is 2.61 bits per heavy atom. The molecule has 0 saturated carbocycles. The molecule has 1 atom stereocenters. The third kappa shape index (κ3) is 6.19. The van der Waals surface area contributed by atoms with Crippen molar-refractivity contribution >= 4 is 52.5 Å². The minimum absolute atomic E-state index is 0.132. The highest BCUT2D eigenvalue weighted by Crippen LogP contribution is 2.26. The van der Waals surface area contributed by atoms with Gasteiger partial charge in [-0.05, 0) is 49.7 Å². The molecule has 0 fully saturated rings. The van der Waals surface area contributed by atoms with Crippen LogP contribution in [0.5, 0.6) is 5.75 Å². The number of methoxy groups -OCH3 is 1. The van der Waals surface area contributed by atoms with Gasteiger partial charge in [-0.3, -0.25) is 9.59 Å². The van der Waals surface area contributed by atoms with Crippen LogP contribution in [0.1, 0.15) is 34.7 Å². The lowest BCUT2D eigenvalue weighted by molar-refractivity contribution is -0.113. The maximum absolute atomic E-state index is 12.5. The summed E-state index contributed by atoms with van der Waals surface area (Å²) in [6.07, 6.45) is 0. The average Bonchev–Trinajstić information content (AvgIpc) is 3.14. The Hall–Kier alpha value is -2.75. The molecule has 0 spiro atoms. The molecule has 0 aliphatic heterocycles. The number of anilines is 1. The maximum Gasteiger partial charge on any atom is 0.251 e. The summed E-state index contributed by atoms with van der Waals surface area (Å²) in [5, 5.41) is 15.3. The van der Waals surface area contributed by atoms with Gasteiger partial charge >= 0.3 is 0 Å². The van der Waals surface area contributed by atoms with Gasteiger partial charge in [0.15, 0.2) is 11.0 Å². The summed E-state index contributed by atoms with van der Waals surface area (Å²) in [6, 6.07) is 9.80. The second-order valence-corrected chi connectivity index (χ2v) is 9.02. The summed E-state index contributed by atoms with van der Waals surface area (Å²) in [5.41, 5.74) is 2.00. The highest BCUT2D eigenvalue weighted by Gasteiger charge is 2.19. The summed E-state index contributed by atoms with van der Waals surface area (Å²) in [7, 11) is 3.33. The molecule has 2 aromatic carbocycles. The quantitative estimate of drug-likeness (QED) is 0.430. The van der Waals surface area contributed by atoms with E-state index < -0.39 is 6.04 Å². The minimum Gasteiger partial charge on any atom is -0.495 e. The molecule has 33 heavy (non-hydrogen) atoms. The van der Waals surface area contributed by atoms with E-state index in [0.29, 0.717) is 38.0 Å². The molecule has 0 bridgehead atoms. The molecule has 0 aliphatic carbocycles. The molecule has 3 aromatic rings. The van der Waals surface area contributed by atoms with Crippen LogP contribution >= 0.6 is 35.0 Å². The van der Waals surface area contributed by atoms with E-state index in [1.165, 1.54) is 17.8 Å². The molecule has 11 heteroatoms. The molecule has 0 unspecified atom stereocenters. The van der Waals surface area contributed by atoms with E-state index in [1.54, 1.807) is 43.8 Å². The first-order valence-corrected chi connectivity index (χ1v) is 11.7. The first kappa shape index (κ1) is 24.9. The number of hydrogen-bond donors (Lipinski definition) is 2. The van der Waals surface area contributed by atoms with Crippen molar-refractivity contribution in [3.8, 4) is 5.75 Å². The molecule has 2 amide bonds. The molecule has 174 valence electrons. The van der Waals surface area contributed by atoms with E-state index in [2.05, 4.69) is 20.8 Å². The first-order valence-electron chi connectivity index (χ1n) is 9.92. The fourth-order valence-corrected chi connectivity index (χ4v) is 4.06. The van der Waals surface area contributed by atoms with E-state index >= 15 is 0 Å². The lowest BCUT2D eigenvalue weighted by Gasteiger charge is -2.14. The van der Waals surface area contributed by atoms with Crippen LogP contribution in [0.3, 0.4) is 0 Å². The summed E-state index contributed by atoms with van der Waals surface area (Å²) in [4.78, 5) is 25.0. The van der Waals surface area contributed by atoms with Crippen LogP contribution in [0.4, 0.5) is 5.69 Å². The van der Waals surface area contributed by atoms with Crippen molar-refractivity contribution in [2.45, 2.75) is 25.0 Å². The smallest absolute Gasteiger partial charge is 0.251 e. The van der Waals surface area contributed by atoms with Crippen molar-refractivity contribution in [1.82, 2.24) is 20.1 Å². The van der Waals surface area contributed by atoms with Crippen LogP contribution in [-0.2, 0) is 11.8 Å². The minimum atomic E-state index is -0.427. The lowest BCUT2D eigenvalue weighted by Crippen LogP contribution is -2.28. The third-order valence-electron chi connectivity index (χ3n) is 4.75. The predicted octanol–water partition coefficient (Wildman–Crippen LogP) is 4.66. The number of carbonyl (C=O) groups is 2. The summed E-state index contributed by atoms with van der Waals surface area (Å²) < 4.78 is 7.03. The Labute approximate surface area is 206 Å². The highest BCUT2D eigenvalue weighted by atomic mass is 35.5. The van der Waals surface area contributed by atoms with Gasteiger partial charge in [0.25, 0.3) is 5.91 Å². The normalized spacial score (nSPS) is 11.7. The largest absolute Gasteiger partial charge is 0.495 e. The molecule has 3 rings (SSSR count). The van der Waals surface area contributed by atoms with E-state index in [9.17, 15) is 9.59 Å². The number of aromatic nitrogens is 3. The number of nitrogens with one attached hydrogen (secondary N) is 2. The molecule has 0 radical (unpaired) electrons. The summed E-state index contributed by atoms with van der Waals surface area (Å²) in [6.45, 7) is 3.73. The maximum atomic E-state index is 12.5. The summed E-state index contributed by atoms with van der Waals surface area (Å²) in [5.74, 6) is 0.755. The Balaban J connectivity index is 1.61. The first-order chi connectivity index (χ1) is 15.7. The van der Waals surface area contributed by atoms with Gasteiger partial charge in [-0.1, -0.05) is 41.0 Å². The summed E-state index contributed by atoms with van der Waals surface area (Å²) >= 11 is 13.1. The number of aryl methyl sites for hydroxylation is 1. The van der Waals surface area contributed by atoms with Crippen LogP contribution in [-0.4, -0.2) is 39.4 Å². The van der Waals surface area contributed by atoms with Gasteiger partial charge in [-0.15, -0.1) is 10.2 Å². The number of rotatable bonds is 8. The van der Waals surface area contributed by atoms with Crippen molar-refractivity contribution in [2.75, 3.05) is 18.2 Å². The molecule has 2 N–H and O–H groups in total. The van der Waals surface area contributed by atoms with E-state index in [4.69, 9.17) is 27.9 Å². The Kier molecular flexibility index (Phi) is 8.23. The van der Waals surface area contributed by atoms with Gasteiger partial charge in [0.2, 0.25) is 5.91 Å². The lowest BCUT2D eigenvalue weighted by atomic mass is 10.2. The average molecular weight is 508 g/mol. The van der Waals surface area contributed by atoms with Gasteiger partial charge < -0.3 is 19.9 Å². The van der Waals surface area contributed by atoms with Crippen LogP contribution < -0.4 is 15.4 Å². The monoisotopic (exact) mass is 507 g/mol. The molecule has 1 heterocycles. The number of halogens is 2. The van der Waals surface area contributed by atoms with Crippen LogP contribution in [0.25, 0.3) is 0 Å². The second kappa shape index (κ2) is 10.9. The Morgan fingerprint density at radius 2 is 1.91 bits per heavy atom. The number of amides is 2. The van der Waals surface area contributed by atoms with Crippen molar-refractivity contribution in [3.63, 3.8) is 0 Å². The second-order valence-electron chi connectivity index (χ2n) is 7.26. The van der Waals surface area contributed by atoms with Crippen molar-refractivity contribution < 1.29 is 14.3 Å². The highest BCUT2D eigenvalue weighted by molar-refractivity contribution is 7.99. The van der Waals surface area contributed by atoms with E-state index in [0.717, 1.165) is 5.56 Å². The molecule has 1 aromatic heterocycles. The number of thioether (sulfide) groups is 1. The van der Waals surface area contributed by atoms with Gasteiger partial charge in [0.1, 0.15) is 5.75 Å². The fourth-order valence-electron chi connectivity index (χ4n) is 3.05. The van der Waals surface area contributed by atoms with Crippen molar-refractivity contribution in [1.29, 1.82) is 0 Å². The van der Waals surface area contributed by atoms with E-state index in [-0.39, 0.29) is 17.6 Å². The molecular weight excluding hydrogens is 485 g/mol. The number of benzene rings is 2. The van der Waals surface area contributed by atoms with Gasteiger partial charge in [-0.2, -0.15) is 0 Å². The zero-order valence-corrected chi connectivity index (χ0v) is 20.8. The number of ether oxygens (including phenoxy) is 1. The van der Waals surface area contributed by atoms with Crippen molar-refractivity contribution in [2.24, 2.45) is 7.05 Å². The van der Waals surface area contributed by atoms with Gasteiger partial charge in [0, 0.05) is 12.6 Å². The molecular formula is C22H23Cl2N5O3S. The van der Waals surface area contributed by atoms with Crippen LogP contribution in [0.2, 0.25) is 10.0 Å². The molecule has 0 aliphatic rings. The molecule has 8 nitrogen and oxygen atoms in total. The Morgan fingerprint density at radius 1 is 1.15 bits per heavy atom. The standard InChI is InChI=1S/C22H23Cl2N5O3S/c1-12-5-8-18(32-4)17(9-12)26-19(30)11-33-22-28-27-20(29(22)3)13(2)25-21(31)14-6-7-15(23)16(24)10-14/h5-10,13H,11H2,1-4H3,(H,25,31)(H,26,30)/t13-/m1/s1. The Bertz CT molecular complexity index is 1180. The zero-order valence-electron chi connectivity index (χ0n) is 18.5. The predicted molar refractivity (Wildman–Crippen MR) is 130 cm³/mol. The third-order valence-corrected chi connectivity index (χ3v) is 6.51. The number of carbonyl (C=O) groups excluding carboxylic acids is 2. The van der Waals surface area contributed by atoms with E-state index in [1.807, 2.05) is 19.1 Å². The van der Waals surface area contributed by atoms with Crippen LogP contribution in [0, 0.1) is 6.92 Å².